The molecule has 0 aromatic heterocycles. The molecule has 0 amide bonds. The van der Waals surface area contributed by atoms with Gasteiger partial charge in [-0.1, -0.05) is 35.9 Å². The van der Waals surface area contributed by atoms with Gasteiger partial charge in [0.2, 0.25) is 0 Å². The molecule has 0 saturated carbocycles. The standard InChI is InChI=1S/C19H24N2/c1-13-4-5-14(2)18(10-13)12-21-9-8-17-11-16(15(3)20)6-7-19(17)21/h4-7,10-11,15H,8-9,12,20H2,1-3H3. The normalized spacial score (nSPS) is 15.1. The van der Waals surface area contributed by atoms with Crippen LogP contribution in [0.5, 0.6) is 0 Å². The predicted octanol–water partition coefficient (Wildman–Crippen LogP) is 3.89. The average Bonchev–Trinajstić information content (AvgIpc) is 2.85. The van der Waals surface area contributed by atoms with Crippen LogP contribution < -0.4 is 10.6 Å². The van der Waals surface area contributed by atoms with Gasteiger partial charge < -0.3 is 10.6 Å². The summed E-state index contributed by atoms with van der Waals surface area (Å²) in [5.41, 5.74) is 14.2. The molecule has 0 spiro atoms. The van der Waals surface area contributed by atoms with Gasteiger partial charge >= 0.3 is 0 Å². The van der Waals surface area contributed by atoms with E-state index < -0.39 is 0 Å². The van der Waals surface area contributed by atoms with Gasteiger partial charge in [-0.25, -0.2) is 0 Å². The maximum Gasteiger partial charge on any atom is 0.0432 e. The van der Waals surface area contributed by atoms with Crippen LogP contribution in [0.15, 0.2) is 36.4 Å². The highest BCUT2D eigenvalue weighted by Crippen LogP contribution is 2.31. The van der Waals surface area contributed by atoms with Crippen molar-refractivity contribution in [2.45, 2.75) is 39.8 Å². The summed E-state index contributed by atoms with van der Waals surface area (Å²) < 4.78 is 0. The summed E-state index contributed by atoms with van der Waals surface area (Å²) in [5.74, 6) is 0. The molecular formula is C19H24N2. The fourth-order valence-corrected chi connectivity index (χ4v) is 3.11. The van der Waals surface area contributed by atoms with Gasteiger partial charge in [-0.15, -0.1) is 0 Å². The lowest BCUT2D eigenvalue weighted by atomic mass is 10.0. The van der Waals surface area contributed by atoms with E-state index in [4.69, 9.17) is 5.73 Å². The molecule has 0 bridgehead atoms. The maximum absolute atomic E-state index is 5.99. The number of nitrogens with zero attached hydrogens (tertiary/aromatic N) is 1. The van der Waals surface area contributed by atoms with E-state index in [9.17, 15) is 0 Å². The third-order valence-corrected chi connectivity index (χ3v) is 4.49. The molecule has 3 rings (SSSR count). The van der Waals surface area contributed by atoms with Gasteiger partial charge in [0, 0.05) is 24.8 Å². The fraction of sp³-hybridized carbons (Fsp3) is 0.368. The summed E-state index contributed by atoms with van der Waals surface area (Å²) in [6.45, 7) is 8.51. The number of benzene rings is 2. The molecule has 2 heteroatoms. The molecular weight excluding hydrogens is 256 g/mol. The Morgan fingerprint density at radius 2 is 1.95 bits per heavy atom. The number of fused-ring (bicyclic) bond motifs is 1. The lowest BCUT2D eigenvalue weighted by molar-refractivity contribution is 0.816. The van der Waals surface area contributed by atoms with E-state index in [-0.39, 0.29) is 6.04 Å². The Morgan fingerprint density at radius 1 is 1.14 bits per heavy atom. The fourth-order valence-electron chi connectivity index (χ4n) is 3.11. The molecule has 0 saturated heterocycles. The summed E-state index contributed by atoms with van der Waals surface area (Å²) in [6.07, 6.45) is 1.13. The van der Waals surface area contributed by atoms with Crippen LogP contribution in [0, 0.1) is 13.8 Å². The van der Waals surface area contributed by atoms with Crippen LogP contribution in [0.3, 0.4) is 0 Å². The molecule has 0 aliphatic carbocycles. The second kappa shape index (κ2) is 5.53. The second-order valence-electron chi connectivity index (χ2n) is 6.28. The Morgan fingerprint density at radius 3 is 2.71 bits per heavy atom. The van der Waals surface area contributed by atoms with Crippen LogP contribution in [0.4, 0.5) is 5.69 Å². The predicted molar refractivity (Wildman–Crippen MR) is 89.7 cm³/mol. The first-order valence-electron chi connectivity index (χ1n) is 7.74. The summed E-state index contributed by atoms with van der Waals surface area (Å²) in [5, 5.41) is 0. The first-order chi connectivity index (χ1) is 10.0. The van der Waals surface area contributed by atoms with Crippen molar-refractivity contribution >= 4 is 5.69 Å². The molecule has 2 aromatic rings. The molecule has 1 aliphatic heterocycles. The minimum atomic E-state index is 0.114. The lowest BCUT2D eigenvalue weighted by Crippen LogP contribution is -2.20. The van der Waals surface area contributed by atoms with Crippen molar-refractivity contribution in [3.63, 3.8) is 0 Å². The van der Waals surface area contributed by atoms with E-state index in [2.05, 4.69) is 55.1 Å². The monoisotopic (exact) mass is 280 g/mol. The maximum atomic E-state index is 5.99. The van der Waals surface area contributed by atoms with Crippen molar-refractivity contribution in [1.29, 1.82) is 0 Å². The van der Waals surface area contributed by atoms with Crippen LogP contribution in [0.25, 0.3) is 0 Å². The number of hydrogen-bond donors (Lipinski definition) is 1. The molecule has 0 radical (unpaired) electrons. The number of hydrogen-bond acceptors (Lipinski definition) is 2. The zero-order valence-corrected chi connectivity index (χ0v) is 13.2. The third-order valence-electron chi connectivity index (χ3n) is 4.49. The van der Waals surface area contributed by atoms with Gasteiger partial charge in [-0.05, 0) is 55.5 Å². The molecule has 2 nitrogen and oxygen atoms in total. The first kappa shape index (κ1) is 14.2. The highest BCUT2D eigenvalue weighted by molar-refractivity contribution is 5.59. The SMILES string of the molecule is Cc1ccc(C)c(CN2CCc3cc(C(C)N)ccc32)c1. The molecule has 1 unspecified atom stereocenters. The average molecular weight is 280 g/mol. The summed E-state index contributed by atoms with van der Waals surface area (Å²) in [6, 6.07) is 13.5. The van der Waals surface area contributed by atoms with Gasteiger partial charge in [0.15, 0.2) is 0 Å². The van der Waals surface area contributed by atoms with Gasteiger partial charge in [-0.3, -0.25) is 0 Å². The van der Waals surface area contributed by atoms with Gasteiger partial charge in [0.25, 0.3) is 0 Å². The Hall–Kier alpha value is -1.80. The Balaban J connectivity index is 1.86. The largest absolute Gasteiger partial charge is 0.367 e. The van der Waals surface area contributed by atoms with E-state index in [1.807, 2.05) is 6.92 Å². The van der Waals surface area contributed by atoms with Gasteiger partial charge in [-0.2, -0.15) is 0 Å². The summed E-state index contributed by atoms with van der Waals surface area (Å²) >= 11 is 0. The molecule has 110 valence electrons. The number of aryl methyl sites for hydroxylation is 2. The molecule has 2 aromatic carbocycles. The lowest BCUT2D eigenvalue weighted by Gasteiger charge is -2.21. The molecule has 2 N–H and O–H groups in total. The number of rotatable bonds is 3. The van der Waals surface area contributed by atoms with Crippen LogP contribution in [0.2, 0.25) is 0 Å². The van der Waals surface area contributed by atoms with Crippen LogP contribution in [-0.4, -0.2) is 6.54 Å². The topological polar surface area (TPSA) is 29.3 Å². The van der Waals surface area contributed by atoms with E-state index in [0.29, 0.717) is 0 Å². The zero-order chi connectivity index (χ0) is 15.0. The van der Waals surface area contributed by atoms with Crippen molar-refractivity contribution in [2.75, 3.05) is 11.4 Å². The van der Waals surface area contributed by atoms with Gasteiger partial charge in [0.05, 0.1) is 0 Å². The van der Waals surface area contributed by atoms with E-state index in [1.54, 1.807) is 0 Å². The smallest absolute Gasteiger partial charge is 0.0432 e. The number of nitrogens with two attached hydrogens (primary N) is 1. The molecule has 1 heterocycles. The quantitative estimate of drug-likeness (QED) is 0.924. The van der Waals surface area contributed by atoms with Crippen molar-refractivity contribution < 1.29 is 0 Å². The molecule has 1 atom stereocenters. The van der Waals surface area contributed by atoms with Crippen molar-refractivity contribution in [3.8, 4) is 0 Å². The van der Waals surface area contributed by atoms with Crippen molar-refractivity contribution in [2.24, 2.45) is 5.73 Å². The Kier molecular flexibility index (Phi) is 3.73. The Bertz CT molecular complexity index is 659. The van der Waals surface area contributed by atoms with E-state index in [0.717, 1.165) is 19.5 Å². The minimum Gasteiger partial charge on any atom is -0.367 e. The third kappa shape index (κ3) is 2.81. The molecule has 21 heavy (non-hydrogen) atoms. The van der Waals surface area contributed by atoms with Crippen LogP contribution in [-0.2, 0) is 13.0 Å². The zero-order valence-electron chi connectivity index (χ0n) is 13.2. The van der Waals surface area contributed by atoms with E-state index >= 15 is 0 Å². The van der Waals surface area contributed by atoms with E-state index in [1.165, 1.54) is 33.5 Å². The first-order valence-corrected chi connectivity index (χ1v) is 7.74. The van der Waals surface area contributed by atoms with Gasteiger partial charge in [0.1, 0.15) is 0 Å². The minimum absolute atomic E-state index is 0.114. The van der Waals surface area contributed by atoms with Crippen molar-refractivity contribution in [1.82, 2.24) is 0 Å². The molecule has 0 fully saturated rings. The second-order valence-corrected chi connectivity index (χ2v) is 6.28. The van der Waals surface area contributed by atoms with Crippen LogP contribution in [0.1, 0.15) is 40.8 Å². The number of anilines is 1. The summed E-state index contributed by atoms with van der Waals surface area (Å²) in [4.78, 5) is 2.49. The highest BCUT2D eigenvalue weighted by Gasteiger charge is 2.20. The summed E-state index contributed by atoms with van der Waals surface area (Å²) in [7, 11) is 0. The Labute approximate surface area is 127 Å². The van der Waals surface area contributed by atoms with Crippen molar-refractivity contribution in [3.05, 3.63) is 64.2 Å². The highest BCUT2D eigenvalue weighted by atomic mass is 15.1. The molecule has 1 aliphatic rings. The van der Waals surface area contributed by atoms with Crippen LogP contribution >= 0.6 is 0 Å².